The van der Waals surface area contributed by atoms with E-state index in [-0.39, 0.29) is 12.5 Å². The Kier molecular flexibility index (Phi) is 7.16. The van der Waals surface area contributed by atoms with Gasteiger partial charge in [-0.1, -0.05) is 17.4 Å². The van der Waals surface area contributed by atoms with Crippen LogP contribution in [0, 0.1) is 0 Å². The number of thiophene rings is 1. The van der Waals surface area contributed by atoms with Crippen molar-refractivity contribution in [2.45, 2.75) is 19.3 Å². The van der Waals surface area contributed by atoms with E-state index < -0.39 is 0 Å². The molecule has 0 unspecified atom stereocenters. The summed E-state index contributed by atoms with van der Waals surface area (Å²) >= 11 is 3.28. The highest BCUT2D eigenvalue weighted by Crippen LogP contribution is 2.35. The number of nitrogens with one attached hydrogen (secondary N) is 2. The third-order valence-corrected chi connectivity index (χ3v) is 6.86. The van der Waals surface area contributed by atoms with Gasteiger partial charge in [-0.3, -0.25) is 4.79 Å². The Hall–Kier alpha value is -2.91. The minimum Gasteiger partial charge on any atom is -0.497 e. The summed E-state index contributed by atoms with van der Waals surface area (Å²) in [6.45, 7) is 2.21. The molecular formula is C22H25N5O2S2. The summed E-state index contributed by atoms with van der Waals surface area (Å²) in [4.78, 5) is 21.5. The molecule has 7 nitrogen and oxygen atoms in total. The number of nitrogens with zero attached hydrogens (tertiary/aromatic N) is 3. The molecule has 31 heavy (non-hydrogen) atoms. The van der Waals surface area contributed by atoms with Crippen molar-refractivity contribution >= 4 is 45.6 Å². The normalized spacial score (nSPS) is 14.0. The molecule has 1 saturated heterocycles. The summed E-state index contributed by atoms with van der Waals surface area (Å²) in [5.41, 5.74) is 4.36. The Morgan fingerprint density at radius 3 is 2.74 bits per heavy atom. The van der Waals surface area contributed by atoms with Crippen molar-refractivity contribution in [1.82, 2.24) is 10.4 Å². The summed E-state index contributed by atoms with van der Waals surface area (Å²) in [6.07, 6.45) is 5.39. The largest absolute Gasteiger partial charge is 0.497 e. The predicted octanol–water partition coefficient (Wildman–Crippen LogP) is 4.43. The molecule has 0 saturated carbocycles. The van der Waals surface area contributed by atoms with E-state index in [1.54, 1.807) is 36.0 Å². The number of amides is 1. The minimum absolute atomic E-state index is 0.128. The van der Waals surface area contributed by atoms with Gasteiger partial charge in [0, 0.05) is 18.8 Å². The molecule has 162 valence electrons. The van der Waals surface area contributed by atoms with Crippen LogP contribution in [0.15, 0.2) is 46.9 Å². The first-order chi connectivity index (χ1) is 15.2. The van der Waals surface area contributed by atoms with Crippen molar-refractivity contribution in [3.05, 3.63) is 46.7 Å². The topological polar surface area (TPSA) is 78.8 Å². The number of hydrazone groups is 1. The van der Waals surface area contributed by atoms with Gasteiger partial charge in [-0.05, 0) is 55.0 Å². The quantitative estimate of drug-likeness (QED) is 0.388. The van der Waals surface area contributed by atoms with Gasteiger partial charge in [-0.15, -0.1) is 11.3 Å². The SMILES string of the molecule is COc1ccc(NCC(=O)NN=Cc2sc(N3CCCCC3)nc2-c2cccs2)cc1. The van der Waals surface area contributed by atoms with Crippen LogP contribution in [0.3, 0.4) is 0 Å². The number of methoxy groups -OCH3 is 1. The second-order valence-electron chi connectivity index (χ2n) is 7.11. The number of thiazole rings is 1. The first-order valence-corrected chi connectivity index (χ1v) is 11.9. The Morgan fingerprint density at radius 1 is 1.23 bits per heavy atom. The van der Waals surface area contributed by atoms with Crippen molar-refractivity contribution in [2.24, 2.45) is 5.10 Å². The van der Waals surface area contributed by atoms with E-state index in [2.05, 4.69) is 26.8 Å². The number of benzene rings is 1. The van der Waals surface area contributed by atoms with E-state index in [0.29, 0.717) is 0 Å². The third-order valence-electron chi connectivity index (χ3n) is 4.94. The Morgan fingerprint density at radius 2 is 2.03 bits per heavy atom. The van der Waals surface area contributed by atoms with Crippen LogP contribution in [0.4, 0.5) is 10.8 Å². The number of anilines is 2. The van der Waals surface area contributed by atoms with Gasteiger partial charge in [-0.2, -0.15) is 5.10 Å². The molecule has 4 rings (SSSR count). The van der Waals surface area contributed by atoms with E-state index in [1.165, 1.54) is 19.3 Å². The van der Waals surface area contributed by atoms with Crippen LogP contribution < -0.4 is 20.4 Å². The van der Waals surface area contributed by atoms with Crippen molar-refractivity contribution in [2.75, 3.05) is 37.0 Å². The number of carbonyl (C=O) groups is 1. The Labute approximate surface area is 189 Å². The zero-order valence-electron chi connectivity index (χ0n) is 17.3. The lowest BCUT2D eigenvalue weighted by molar-refractivity contribution is -0.119. The first-order valence-electron chi connectivity index (χ1n) is 10.2. The molecule has 2 N–H and O–H groups in total. The molecule has 9 heteroatoms. The van der Waals surface area contributed by atoms with E-state index in [1.807, 2.05) is 35.7 Å². The molecule has 1 aliphatic rings. The van der Waals surface area contributed by atoms with Gasteiger partial charge in [-0.25, -0.2) is 10.4 Å². The number of rotatable bonds is 8. The van der Waals surface area contributed by atoms with Gasteiger partial charge in [0.05, 0.1) is 29.6 Å². The van der Waals surface area contributed by atoms with Crippen LogP contribution in [0.25, 0.3) is 10.6 Å². The molecule has 1 fully saturated rings. The fourth-order valence-electron chi connectivity index (χ4n) is 3.31. The average molecular weight is 456 g/mol. The second kappa shape index (κ2) is 10.4. The van der Waals surface area contributed by atoms with Crippen molar-refractivity contribution in [3.8, 4) is 16.3 Å². The van der Waals surface area contributed by atoms with Crippen LogP contribution >= 0.6 is 22.7 Å². The smallest absolute Gasteiger partial charge is 0.259 e. The average Bonchev–Trinajstić information content (AvgIpc) is 3.49. The minimum atomic E-state index is -0.217. The first kappa shape index (κ1) is 21.3. The standard InChI is InChI=1S/C22H25N5O2S2/c1-29-17-9-7-16(8-10-17)23-15-20(28)26-24-14-19-21(18-6-5-13-30-18)25-22(31-19)27-11-3-2-4-12-27/h5-10,13-14,23H,2-4,11-12,15H2,1H3,(H,26,28). The van der Waals surface area contributed by atoms with Crippen LogP contribution in [-0.2, 0) is 4.79 Å². The summed E-state index contributed by atoms with van der Waals surface area (Å²) in [5.74, 6) is 0.556. The molecule has 3 aromatic rings. The molecule has 0 aliphatic carbocycles. The number of hydrogen-bond acceptors (Lipinski definition) is 8. The van der Waals surface area contributed by atoms with Gasteiger partial charge >= 0.3 is 0 Å². The lowest BCUT2D eigenvalue weighted by Crippen LogP contribution is -2.29. The van der Waals surface area contributed by atoms with Crippen LogP contribution in [-0.4, -0.2) is 43.8 Å². The monoisotopic (exact) mass is 455 g/mol. The molecule has 0 bridgehead atoms. The highest BCUT2D eigenvalue weighted by atomic mass is 32.1. The molecule has 1 aliphatic heterocycles. The number of ether oxygens (including phenoxy) is 1. The molecule has 1 amide bonds. The van der Waals surface area contributed by atoms with E-state index in [4.69, 9.17) is 9.72 Å². The molecule has 0 spiro atoms. The van der Waals surface area contributed by atoms with Gasteiger partial charge in [0.25, 0.3) is 5.91 Å². The number of piperidine rings is 1. The lowest BCUT2D eigenvalue weighted by atomic mass is 10.1. The third kappa shape index (κ3) is 5.62. The Balaban J connectivity index is 1.38. The highest BCUT2D eigenvalue weighted by Gasteiger charge is 2.19. The lowest BCUT2D eigenvalue weighted by Gasteiger charge is -2.25. The summed E-state index contributed by atoms with van der Waals surface area (Å²) in [5, 5.41) is 10.3. The molecule has 0 atom stereocenters. The number of aromatic nitrogens is 1. The fraction of sp³-hybridized carbons (Fsp3) is 0.318. The van der Waals surface area contributed by atoms with Gasteiger partial charge in [0.1, 0.15) is 11.4 Å². The van der Waals surface area contributed by atoms with E-state index in [0.717, 1.165) is 45.1 Å². The molecule has 2 aromatic heterocycles. The summed E-state index contributed by atoms with van der Waals surface area (Å²) in [6, 6.07) is 11.5. The summed E-state index contributed by atoms with van der Waals surface area (Å²) < 4.78 is 5.13. The number of hydrogen-bond donors (Lipinski definition) is 2. The predicted molar refractivity (Wildman–Crippen MR) is 129 cm³/mol. The maximum absolute atomic E-state index is 12.2. The molecular weight excluding hydrogens is 430 g/mol. The van der Waals surface area contributed by atoms with Crippen LogP contribution in [0.2, 0.25) is 0 Å². The van der Waals surface area contributed by atoms with Gasteiger partial charge in [0.15, 0.2) is 5.13 Å². The van der Waals surface area contributed by atoms with Gasteiger partial charge < -0.3 is 15.0 Å². The van der Waals surface area contributed by atoms with Crippen LogP contribution in [0.5, 0.6) is 5.75 Å². The second-order valence-corrected chi connectivity index (χ2v) is 9.07. The molecule has 0 radical (unpaired) electrons. The molecule has 3 heterocycles. The van der Waals surface area contributed by atoms with Gasteiger partial charge in [0.2, 0.25) is 0 Å². The Bertz CT molecular complexity index is 1010. The van der Waals surface area contributed by atoms with Crippen molar-refractivity contribution < 1.29 is 9.53 Å². The zero-order valence-corrected chi connectivity index (χ0v) is 19.0. The maximum atomic E-state index is 12.2. The number of carbonyl (C=O) groups excluding carboxylic acids is 1. The molecule has 1 aromatic carbocycles. The summed E-state index contributed by atoms with van der Waals surface area (Å²) in [7, 11) is 1.62. The van der Waals surface area contributed by atoms with E-state index >= 15 is 0 Å². The van der Waals surface area contributed by atoms with E-state index in [9.17, 15) is 4.79 Å². The van der Waals surface area contributed by atoms with Crippen molar-refractivity contribution in [1.29, 1.82) is 0 Å². The zero-order chi connectivity index (χ0) is 21.5. The van der Waals surface area contributed by atoms with Crippen molar-refractivity contribution in [3.63, 3.8) is 0 Å². The highest BCUT2D eigenvalue weighted by molar-refractivity contribution is 7.18. The fourth-order valence-corrected chi connectivity index (χ4v) is 5.11. The van der Waals surface area contributed by atoms with Crippen LogP contribution in [0.1, 0.15) is 24.1 Å². The maximum Gasteiger partial charge on any atom is 0.259 e.